The lowest BCUT2D eigenvalue weighted by atomic mass is 10.2. The number of rotatable bonds is 5. The van der Waals surface area contributed by atoms with Crippen molar-refractivity contribution in [2.45, 2.75) is 19.0 Å². The van der Waals surface area contributed by atoms with Gasteiger partial charge >= 0.3 is 11.7 Å². The lowest BCUT2D eigenvalue weighted by molar-refractivity contribution is -0.118. The Labute approximate surface area is 183 Å². The highest BCUT2D eigenvalue weighted by molar-refractivity contribution is 6.30. The van der Waals surface area contributed by atoms with Gasteiger partial charge in [-0.2, -0.15) is 0 Å². The summed E-state index contributed by atoms with van der Waals surface area (Å²) in [7, 11) is 0. The van der Waals surface area contributed by atoms with Crippen molar-refractivity contribution in [2.75, 3.05) is 16.8 Å². The van der Waals surface area contributed by atoms with Crippen LogP contribution in [-0.4, -0.2) is 34.1 Å². The fourth-order valence-electron chi connectivity index (χ4n) is 3.47. The van der Waals surface area contributed by atoms with E-state index in [2.05, 4.69) is 15.6 Å². The maximum Gasteiger partial charge on any atom is 0.347 e. The number of hydrogen-bond donors (Lipinski definition) is 2. The first-order valence-corrected chi connectivity index (χ1v) is 10.1. The highest BCUT2D eigenvalue weighted by atomic mass is 35.5. The van der Waals surface area contributed by atoms with Crippen molar-refractivity contribution in [3.8, 4) is 0 Å². The predicted octanol–water partition coefficient (Wildman–Crippen LogP) is 2.87. The van der Waals surface area contributed by atoms with E-state index in [1.165, 1.54) is 10.8 Å². The molecule has 0 aliphatic carbocycles. The Balaban J connectivity index is 1.37. The van der Waals surface area contributed by atoms with Gasteiger partial charge in [0.2, 0.25) is 5.91 Å². The highest BCUT2D eigenvalue weighted by Gasteiger charge is 2.33. The topological polar surface area (TPSA) is 96.3 Å². The molecule has 0 saturated carbocycles. The molecule has 0 radical (unpaired) electrons. The zero-order valence-electron chi connectivity index (χ0n) is 16.5. The van der Waals surface area contributed by atoms with Gasteiger partial charge in [0.25, 0.3) is 0 Å². The normalized spacial score (nSPS) is 15.7. The second-order valence-corrected chi connectivity index (χ2v) is 7.57. The second kappa shape index (κ2) is 9.01. The van der Waals surface area contributed by atoms with Crippen LogP contribution in [0.5, 0.6) is 0 Å². The average molecular weight is 438 g/mol. The lowest BCUT2D eigenvalue weighted by Crippen LogP contribution is -2.43. The summed E-state index contributed by atoms with van der Waals surface area (Å²) in [5.74, 6) is -0.165. The van der Waals surface area contributed by atoms with Gasteiger partial charge in [-0.1, -0.05) is 23.7 Å². The Morgan fingerprint density at radius 3 is 2.71 bits per heavy atom. The fraction of sp³-hybridized carbons (Fsp3) is 0.182. The molecule has 3 aromatic rings. The third-order valence-corrected chi connectivity index (χ3v) is 5.22. The quantitative estimate of drug-likeness (QED) is 0.641. The van der Waals surface area contributed by atoms with Crippen molar-refractivity contribution in [1.82, 2.24) is 14.9 Å². The van der Waals surface area contributed by atoms with E-state index in [1.807, 2.05) is 6.07 Å². The molecule has 0 spiro atoms. The van der Waals surface area contributed by atoms with Gasteiger partial charge in [-0.25, -0.2) is 14.6 Å². The van der Waals surface area contributed by atoms with E-state index < -0.39 is 12.1 Å². The van der Waals surface area contributed by atoms with Gasteiger partial charge in [0, 0.05) is 35.3 Å². The molecule has 1 fully saturated rings. The molecule has 0 bridgehead atoms. The number of urea groups is 1. The van der Waals surface area contributed by atoms with Gasteiger partial charge in [0.15, 0.2) is 0 Å². The van der Waals surface area contributed by atoms with Crippen LogP contribution in [0.1, 0.15) is 12.0 Å². The largest absolute Gasteiger partial charge is 0.347 e. The molecule has 1 saturated heterocycles. The van der Waals surface area contributed by atoms with Crippen LogP contribution in [-0.2, 0) is 11.3 Å². The first-order chi connectivity index (χ1) is 15.0. The molecule has 2 aromatic carbocycles. The molecule has 31 heavy (non-hydrogen) atoms. The summed E-state index contributed by atoms with van der Waals surface area (Å²) >= 11 is 5.90. The summed E-state index contributed by atoms with van der Waals surface area (Å²) in [6.07, 6.45) is 3.61. The molecule has 1 aliphatic heterocycles. The first-order valence-electron chi connectivity index (χ1n) is 9.74. The highest BCUT2D eigenvalue weighted by Crippen LogP contribution is 2.23. The molecule has 2 N–H and O–H groups in total. The van der Waals surface area contributed by atoms with E-state index in [-0.39, 0.29) is 11.6 Å². The number of aromatic nitrogens is 2. The lowest BCUT2D eigenvalue weighted by Gasteiger charge is -2.17. The minimum atomic E-state index is -0.604. The van der Waals surface area contributed by atoms with Crippen LogP contribution in [0, 0.1) is 0 Å². The molecular weight excluding hydrogens is 418 g/mol. The molecule has 4 rings (SSSR count). The smallest absolute Gasteiger partial charge is 0.326 e. The number of halogens is 1. The van der Waals surface area contributed by atoms with Crippen molar-refractivity contribution in [1.29, 1.82) is 0 Å². The maximum absolute atomic E-state index is 12.7. The van der Waals surface area contributed by atoms with Crippen LogP contribution in [0.15, 0.2) is 71.8 Å². The summed E-state index contributed by atoms with van der Waals surface area (Å²) in [5.41, 5.74) is 1.80. The zero-order chi connectivity index (χ0) is 21.8. The van der Waals surface area contributed by atoms with Gasteiger partial charge in [-0.05, 0) is 54.4 Å². The van der Waals surface area contributed by atoms with Gasteiger partial charge < -0.3 is 15.5 Å². The van der Waals surface area contributed by atoms with E-state index in [9.17, 15) is 14.4 Å². The Kier molecular flexibility index (Phi) is 5.99. The van der Waals surface area contributed by atoms with Crippen molar-refractivity contribution < 1.29 is 9.59 Å². The van der Waals surface area contributed by atoms with Gasteiger partial charge in [0.05, 0.1) is 6.54 Å². The van der Waals surface area contributed by atoms with Crippen LogP contribution in [0.25, 0.3) is 0 Å². The van der Waals surface area contributed by atoms with Crippen molar-refractivity contribution >= 4 is 34.9 Å². The molecular formula is C22H20ClN5O3. The second-order valence-electron chi connectivity index (χ2n) is 7.14. The number of carbonyl (C=O) groups is 2. The molecule has 1 unspecified atom stereocenters. The maximum atomic E-state index is 12.7. The molecule has 3 amide bonds. The molecule has 158 valence electrons. The average Bonchev–Trinajstić information content (AvgIpc) is 3.11. The van der Waals surface area contributed by atoms with Crippen LogP contribution in [0.2, 0.25) is 5.02 Å². The Morgan fingerprint density at radius 2 is 1.94 bits per heavy atom. The summed E-state index contributed by atoms with van der Waals surface area (Å²) in [6.45, 7) is 0.849. The van der Waals surface area contributed by atoms with E-state index in [0.29, 0.717) is 30.2 Å². The third kappa shape index (κ3) is 4.92. The van der Waals surface area contributed by atoms with Crippen molar-refractivity contribution in [3.05, 3.63) is 88.1 Å². The monoisotopic (exact) mass is 437 g/mol. The number of carbonyl (C=O) groups excluding carboxylic acids is 2. The fourth-order valence-corrected chi connectivity index (χ4v) is 3.59. The van der Waals surface area contributed by atoms with Gasteiger partial charge in [-0.15, -0.1) is 0 Å². The number of nitrogens with zero attached hydrogens (tertiary/aromatic N) is 3. The van der Waals surface area contributed by atoms with Gasteiger partial charge in [0.1, 0.15) is 6.04 Å². The van der Waals surface area contributed by atoms with E-state index in [1.54, 1.807) is 59.6 Å². The van der Waals surface area contributed by atoms with Crippen LogP contribution < -0.4 is 21.2 Å². The number of nitrogens with one attached hydrogen (secondary N) is 2. The predicted molar refractivity (Wildman–Crippen MR) is 118 cm³/mol. The zero-order valence-corrected chi connectivity index (χ0v) is 17.2. The van der Waals surface area contributed by atoms with E-state index in [4.69, 9.17) is 11.6 Å². The first kappa shape index (κ1) is 20.6. The SMILES string of the molecule is O=C(Nc1cccc(Cn2cccnc2=O)c1)NC1CCN(c2ccc(Cl)cc2)C1=O. The molecule has 9 heteroatoms. The standard InChI is InChI=1S/C22H20ClN5O3/c23-16-5-7-18(8-6-16)28-12-9-19(20(28)29)26-21(30)25-17-4-1-3-15(13-17)14-27-11-2-10-24-22(27)31/h1-8,10-11,13,19H,9,12,14H2,(H2,25,26,30). The Morgan fingerprint density at radius 1 is 1.13 bits per heavy atom. The minimum absolute atomic E-state index is 0.165. The summed E-state index contributed by atoms with van der Waals surface area (Å²) in [4.78, 5) is 42.3. The third-order valence-electron chi connectivity index (χ3n) is 4.97. The number of benzene rings is 2. The molecule has 1 aromatic heterocycles. The summed E-state index contributed by atoms with van der Waals surface area (Å²) in [5, 5.41) is 6.08. The molecule has 1 aliphatic rings. The molecule has 8 nitrogen and oxygen atoms in total. The molecule has 1 atom stereocenters. The van der Waals surface area contributed by atoms with Crippen LogP contribution >= 0.6 is 11.6 Å². The number of amides is 3. The molecule has 2 heterocycles. The van der Waals surface area contributed by atoms with Crippen LogP contribution in [0.4, 0.5) is 16.2 Å². The van der Waals surface area contributed by atoms with Gasteiger partial charge in [-0.3, -0.25) is 9.36 Å². The minimum Gasteiger partial charge on any atom is -0.326 e. The van der Waals surface area contributed by atoms with Crippen LogP contribution in [0.3, 0.4) is 0 Å². The Hall–Kier alpha value is -3.65. The number of anilines is 2. The number of hydrogen-bond acceptors (Lipinski definition) is 4. The Bertz CT molecular complexity index is 1160. The summed E-state index contributed by atoms with van der Waals surface area (Å²) in [6, 6.07) is 14.8. The van der Waals surface area contributed by atoms with Crippen molar-refractivity contribution in [3.63, 3.8) is 0 Å². The van der Waals surface area contributed by atoms with Crippen molar-refractivity contribution in [2.24, 2.45) is 0 Å². The summed E-state index contributed by atoms with van der Waals surface area (Å²) < 4.78 is 1.47. The van der Waals surface area contributed by atoms with E-state index >= 15 is 0 Å². The van der Waals surface area contributed by atoms with E-state index in [0.717, 1.165) is 11.3 Å².